The highest BCUT2D eigenvalue weighted by atomic mass is 16.5. The molecule has 2 aliphatic carbocycles. The predicted molar refractivity (Wildman–Crippen MR) is 70.7 cm³/mol. The van der Waals surface area contributed by atoms with E-state index < -0.39 is 22.8 Å². The molecule has 0 radical (unpaired) electrons. The smallest absolute Gasteiger partial charge is 0.314 e. The minimum atomic E-state index is -1.11. The van der Waals surface area contributed by atoms with E-state index in [2.05, 4.69) is 6.58 Å². The van der Waals surface area contributed by atoms with E-state index in [0.717, 1.165) is 5.57 Å². The molecule has 2 unspecified atom stereocenters. The van der Waals surface area contributed by atoms with Gasteiger partial charge in [0.15, 0.2) is 0 Å². The average molecular weight is 280 g/mol. The van der Waals surface area contributed by atoms with Crippen LogP contribution in [-0.4, -0.2) is 30.9 Å². The molecule has 0 aromatic rings. The zero-order valence-electron chi connectivity index (χ0n) is 12.0. The maximum Gasteiger partial charge on any atom is 0.314 e. The maximum absolute atomic E-state index is 12.4. The van der Waals surface area contributed by atoms with Crippen LogP contribution >= 0.6 is 0 Å². The molecule has 2 aliphatic rings. The first-order chi connectivity index (χ1) is 9.41. The van der Waals surface area contributed by atoms with Gasteiger partial charge in [-0.05, 0) is 26.7 Å². The Morgan fingerprint density at radius 2 is 1.40 bits per heavy atom. The van der Waals surface area contributed by atoms with Gasteiger partial charge in [-0.1, -0.05) is 12.2 Å². The van der Waals surface area contributed by atoms with Crippen molar-refractivity contribution in [1.29, 1.82) is 0 Å². The van der Waals surface area contributed by atoms with Gasteiger partial charge in [-0.3, -0.25) is 14.4 Å². The molecular formula is C15H20O5. The molecule has 0 amide bonds. The molecule has 110 valence electrons. The van der Waals surface area contributed by atoms with Crippen molar-refractivity contribution in [3.05, 3.63) is 12.2 Å². The molecule has 0 N–H and O–H groups in total. The lowest BCUT2D eigenvalue weighted by Gasteiger charge is -2.34. The highest BCUT2D eigenvalue weighted by molar-refractivity contribution is 6.01. The number of carbonyl (C=O) groups excluding carboxylic acids is 3. The van der Waals surface area contributed by atoms with Crippen molar-refractivity contribution in [2.75, 3.05) is 13.2 Å². The highest BCUT2D eigenvalue weighted by Crippen LogP contribution is 2.64. The molecule has 0 aromatic heterocycles. The first kappa shape index (κ1) is 14.8. The second-order valence-corrected chi connectivity index (χ2v) is 5.60. The molecule has 0 saturated heterocycles. The fraction of sp³-hybridized carbons (Fsp3) is 0.667. The second-order valence-electron chi connectivity index (χ2n) is 5.60. The number of rotatable bonds is 4. The lowest BCUT2D eigenvalue weighted by molar-refractivity contribution is -0.175. The van der Waals surface area contributed by atoms with Crippen LogP contribution < -0.4 is 0 Å². The standard InChI is InChI=1S/C15H20O5/c1-4-19-12(17)14-6-10(3)7-15(14,9-11(16)8-14)13(18)20-5-2/h3-9H2,1-2H3. The summed E-state index contributed by atoms with van der Waals surface area (Å²) in [5.74, 6) is -1.03. The zero-order chi connectivity index (χ0) is 15.0. The van der Waals surface area contributed by atoms with Crippen LogP contribution in [0.4, 0.5) is 0 Å². The first-order valence-corrected chi connectivity index (χ1v) is 6.94. The fourth-order valence-corrected chi connectivity index (χ4v) is 3.67. The molecule has 2 atom stereocenters. The molecule has 0 aliphatic heterocycles. The summed E-state index contributed by atoms with van der Waals surface area (Å²) >= 11 is 0. The molecule has 0 heterocycles. The number of fused-ring (bicyclic) bond motifs is 1. The van der Waals surface area contributed by atoms with Crippen LogP contribution in [0.2, 0.25) is 0 Å². The van der Waals surface area contributed by atoms with E-state index >= 15 is 0 Å². The first-order valence-electron chi connectivity index (χ1n) is 6.94. The van der Waals surface area contributed by atoms with Crippen molar-refractivity contribution in [3.63, 3.8) is 0 Å². The van der Waals surface area contributed by atoms with Gasteiger partial charge in [0, 0.05) is 12.8 Å². The van der Waals surface area contributed by atoms with Gasteiger partial charge in [0.2, 0.25) is 0 Å². The lowest BCUT2D eigenvalue weighted by atomic mass is 9.68. The zero-order valence-corrected chi connectivity index (χ0v) is 12.0. The summed E-state index contributed by atoms with van der Waals surface area (Å²) in [7, 11) is 0. The largest absolute Gasteiger partial charge is 0.466 e. The number of carbonyl (C=O) groups is 3. The molecule has 5 heteroatoms. The average Bonchev–Trinajstić information content (AvgIpc) is 2.78. The number of ether oxygens (including phenoxy) is 2. The van der Waals surface area contributed by atoms with Crippen molar-refractivity contribution in [1.82, 2.24) is 0 Å². The summed E-state index contributed by atoms with van der Waals surface area (Å²) in [5.41, 5.74) is -1.41. The van der Waals surface area contributed by atoms with Crippen LogP contribution in [0, 0.1) is 10.8 Å². The molecule has 0 spiro atoms. The van der Waals surface area contributed by atoms with Crippen LogP contribution in [-0.2, 0) is 23.9 Å². The molecule has 20 heavy (non-hydrogen) atoms. The SMILES string of the molecule is C=C1CC2(C(=O)OCC)CC(=O)CC2(C(=O)OCC)C1. The van der Waals surface area contributed by atoms with Crippen molar-refractivity contribution in [2.45, 2.75) is 39.5 Å². The Morgan fingerprint density at radius 1 is 1.00 bits per heavy atom. The van der Waals surface area contributed by atoms with Crippen LogP contribution in [0.5, 0.6) is 0 Å². The molecule has 2 fully saturated rings. The Kier molecular flexibility index (Phi) is 3.71. The minimum absolute atomic E-state index is 0.0453. The van der Waals surface area contributed by atoms with Gasteiger partial charge in [0.25, 0.3) is 0 Å². The van der Waals surface area contributed by atoms with E-state index in [9.17, 15) is 14.4 Å². The van der Waals surface area contributed by atoms with Crippen LogP contribution in [0.3, 0.4) is 0 Å². The third kappa shape index (κ3) is 1.87. The number of allylic oxidation sites excluding steroid dienone is 1. The van der Waals surface area contributed by atoms with Gasteiger partial charge < -0.3 is 9.47 Å². The van der Waals surface area contributed by atoms with E-state index in [0.29, 0.717) is 12.8 Å². The van der Waals surface area contributed by atoms with E-state index in [1.165, 1.54) is 0 Å². The third-order valence-electron chi connectivity index (χ3n) is 4.35. The summed E-state index contributed by atoms with van der Waals surface area (Å²) in [6, 6.07) is 0. The summed E-state index contributed by atoms with van der Waals surface area (Å²) < 4.78 is 10.3. The van der Waals surface area contributed by atoms with Crippen LogP contribution in [0.15, 0.2) is 12.2 Å². The normalized spacial score (nSPS) is 32.1. The summed E-state index contributed by atoms with van der Waals surface area (Å²) in [6.45, 7) is 7.77. The number of Topliss-reactive ketones (excluding diaryl/α,β-unsaturated/α-hetero) is 1. The Labute approximate surface area is 118 Å². The van der Waals surface area contributed by atoms with Crippen LogP contribution in [0.1, 0.15) is 39.5 Å². The van der Waals surface area contributed by atoms with Gasteiger partial charge >= 0.3 is 11.9 Å². The quantitative estimate of drug-likeness (QED) is 0.580. The monoisotopic (exact) mass is 280 g/mol. The molecule has 0 aromatic carbocycles. The van der Waals surface area contributed by atoms with E-state index in [1.54, 1.807) is 13.8 Å². The maximum atomic E-state index is 12.4. The summed E-state index contributed by atoms with van der Waals surface area (Å²) in [4.78, 5) is 36.8. The number of hydrogen-bond acceptors (Lipinski definition) is 5. The molecular weight excluding hydrogens is 260 g/mol. The van der Waals surface area contributed by atoms with Gasteiger partial charge in [0.1, 0.15) is 5.78 Å². The van der Waals surface area contributed by atoms with Gasteiger partial charge in [-0.25, -0.2) is 0 Å². The second kappa shape index (κ2) is 5.04. The van der Waals surface area contributed by atoms with E-state index in [4.69, 9.17) is 9.47 Å². The molecule has 0 bridgehead atoms. The van der Waals surface area contributed by atoms with Gasteiger partial charge in [-0.15, -0.1) is 0 Å². The van der Waals surface area contributed by atoms with Crippen molar-refractivity contribution in [2.24, 2.45) is 10.8 Å². The van der Waals surface area contributed by atoms with Crippen molar-refractivity contribution < 1.29 is 23.9 Å². The molecule has 2 saturated carbocycles. The lowest BCUT2D eigenvalue weighted by Crippen LogP contribution is -2.46. The van der Waals surface area contributed by atoms with Crippen LogP contribution in [0.25, 0.3) is 0 Å². The molecule has 5 nitrogen and oxygen atoms in total. The Hall–Kier alpha value is -1.65. The highest BCUT2D eigenvalue weighted by Gasteiger charge is 2.71. The predicted octanol–water partition coefficient (Wildman–Crippen LogP) is 1.80. The Bertz CT molecular complexity index is 417. The van der Waals surface area contributed by atoms with Gasteiger partial charge in [0.05, 0.1) is 24.0 Å². The third-order valence-corrected chi connectivity index (χ3v) is 4.35. The number of ketones is 1. The molecule has 2 rings (SSSR count). The Balaban J connectivity index is 2.48. The number of esters is 2. The minimum Gasteiger partial charge on any atom is -0.466 e. The van der Waals surface area contributed by atoms with Crippen molar-refractivity contribution >= 4 is 17.7 Å². The Morgan fingerprint density at radius 3 is 1.75 bits per heavy atom. The number of hydrogen-bond donors (Lipinski definition) is 0. The topological polar surface area (TPSA) is 69.7 Å². The van der Waals surface area contributed by atoms with E-state index in [1.807, 2.05) is 0 Å². The summed E-state index contributed by atoms with van der Waals surface area (Å²) in [5, 5.41) is 0. The van der Waals surface area contributed by atoms with E-state index in [-0.39, 0.29) is 31.8 Å². The van der Waals surface area contributed by atoms with Gasteiger partial charge in [-0.2, -0.15) is 0 Å². The fourth-order valence-electron chi connectivity index (χ4n) is 3.67. The summed E-state index contributed by atoms with van der Waals surface area (Å²) in [6.07, 6.45) is 0.750. The van der Waals surface area contributed by atoms with Crippen molar-refractivity contribution in [3.8, 4) is 0 Å².